The zero-order valence-electron chi connectivity index (χ0n) is 16.2. The molecule has 1 saturated heterocycles. The van der Waals surface area contributed by atoms with Gasteiger partial charge in [0.15, 0.2) is 17.2 Å². The van der Waals surface area contributed by atoms with Gasteiger partial charge in [-0.1, -0.05) is 0 Å². The molecule has 4 aromatic rings. The molecule has 4 N–H and O–H groups in total. The van der Waals surface area contributed by atoms with E-state index in [2.05, 4.69) is 35.9 Å². The normalized spacial score (nSPS) is 16.4. The Hall–Kier alpha value is -3.83. The number of aromatic nitrogens is 4. The number of morpholine rings is 1. The molecule has 0 bridgehead atoms. The van der Waals surface area contributed by atoms with Gasteiger partial charge in [0.2, 0.25) is 5.95 Å². The van der Waals surface area contributed by atoms with Crippen LogP contribution in [0.15, 0.2) is 51.9 Å². The van der Waals surface area contributed by atoms with Gasteiger partial charge in [0, 0.05) is 18.8 Å². The average molecular weight is 423 g/mol. The molecular weight excluding hydrogens is 405 g/mol. The van der Waals surface area contributed by atoms with Crippen molar-refractivity contribution >= 4 is 34.2 Å². The molecule has 158 valence electrons. The Labute approximate surface area is 174 Å². The van der Waals surface area contributed by atoms with Crippen molar-refractivity contribution in [2.75, 3.05) is 30.3 Å². The molecule has 1 unspecified atom stereocenters. The summed E-state index contributed by atoms with van der Waals surface area (Å²) >= 11 is 0. The molecule has 0 amide bonds. The summed E-state index contributed by atoms with van der Waals surface area (Å²) in [6, 6.07) is 8.58. The summed E-state index contributed by atoms with van der Waals surface area (Å²) in [5, 5.41) is 9.16. The number of hydrogen-bond donors (Lipinski definition) is 4. The lowest BCUT2D eigenvalue weighted by atomic mass is 10.2. The summed E-state index contributed by atoms with van der Waals surface area (Å²) in [7, 11) is 0. The van der Waals surface area contributed by atoms with Crippen LogP contribution in [0.5, 0.6) is 0 Å². The quantitative estimate of drug-likeness (QED) is 0.383. The smallest absolute Gasteiger partial charge is 0.408 e. The van der Waals surface area contributed by atoms with Gasteiger partial charge in [-0.05, 0) is 30.3 Å². The van der Waals surface area contributed by atoms with Crippen LogP contribution in [-0.2, 0) is 4.74 Å². The number of halogens is 1. The molecule has 0 radical (unpaired) electrons. The predicted molar refractivity (Wildman–Crippen MR) is 111 cm³/mol. The number of fused-ring (bicyclic) bond motifs is 1. The summed E-state index contributed by atoms with van der Waals surface area (Å²) < 4.78 is 24.9. The molecule has 0 spiro atoms. The standard InChI is InChI=1S/C20H18FN7O3/c21-13-9-24-19(26-12-1-3-14(23-8-12)17-10-22-5-6-30-17)28-18(13)25-11-2-4-16-15(7-11)27-20(29)31-16/h1-4,7-9,17,22H,5-6,10H2,(H,27,29)(H2,24,25,26,28). The first-order valence-corrected chi connectivity index (χ1v) is 9.62. The zero-order chi connectivity index (χ0) is 21.2. The van der Waals surface area contributed by atoms with E-state index >= 15 is 0 Å². The summed E-state index contributed by atoms with van der Waals surface area (Å²) in [5.74, 6) is -1.000. The molecular formula is C20H18FN7O3. The van der Waals surface area contributed by atoms with E-state index in [0.29, 0.717) is 35.6 Å². The van der Waals surface area contributed by atoms with Gasteiger partial charge in [-0.25, -0.2) is 14.2 Å². The van der Waals surface area contributed by atoms with E-state index in [1.54, 1.807) is 24.4 Å². The van der Waals surface area contributed by atoms with E-state index in [1.807, 2.05) is 12.1 Å². The van der Waals surface area contributed by atoms with Crippen LogP contribution in [-0.4, -0.2) is 39.6 Å². The van der Waals surface area contributed by atoms with Gasteiger partial charge in [0.1, 0.15) is 6.10 Å². The third kappa shape index (κ3) is 4.22. The summed E-state index contributed by atoms with van der Waals surface area (Å²) in [6.07, 6.45) is 2.64. The number of hydrogen-bond acceptors (Lipinski definition) is 9. The van der Waals surface area contributed by atoms with Crippen molar-refractivity contribution < 1.29 is 13.5 Å². The Balaban J connectivity index is 1.32. The first-order valence-electron chi connectivity index (χ1n) is 9.62. The van der Waals surface area contributed by atoms with Gasteiger partial charge in [-0.3, -0.25) is 9.97 Å². The number of anilines is 4. The van der Waals surface area contributed by atoms with Crippen LogP contribution in [0.3, 0.4) is 0 Å². The Morgan fingerprint density at radius 3 is 2.81 bits per heavy atom. The van der Waals surface area contributed by atoms with Crippen LogP contribution in [0.1, 0.15) is 11.8 Å². The number of pyridine rings is 1. The van der Waals surface area contributed by atoms with E-state index in [4.69, 9.17) is 9.15 Å². The highest BCUT2D eigenvalue weighted by atomic mass is 19.1. The second-order valence-electron chi connectivity index (χ2n) is 6.90. The Kier molecular flexibility index (Phi) is 5.02. The van der Waals surface area contributed by atoms with Crippen molar-refractivity contribution in [2.24, 2.45) is 0 Å². The Morgan fingerprint density at radius 2 is 2.00 bits per heavy atom. The molecule has 10 nitrogen and oxygen atoms in total. The molecule has 1 aromatic carbocycles. The molecule has 0 saturated carbocycles. The minimum absolute atomic E-state index is 0.0195. The van der Waals surface area contributed by atoms with Crippen molar-refractivity contribution in [3.63, 3.8) is 0 Å². The van der Waals surface area contributed by atoms with E-state index in [0.717, 1.165) is 18.4 Å². The molecule has 11 heteroatoms. The fourth-order valence-corrected chi connectivity index (χ4v) is 3.24. The van der Waals surface area contributed by atoms with Crippen molar-refractivity contribution in [1.82, 2.24) is 25.3 Å². The molecule has 3 aromatic heterocycles. The lowest BCUT2D eigenvalue weighted by molar-refractivity contribution is 0.0250. The number of nitrogens with one attached hydrogen (secondary N) is 4. The van der Waals surface area contributed by atoms with E-state index in [9.17, 15) is 9.18 Å². The van der Waals surface area contributed by atoms with Crippen LogP contribution < -0.4 is 21.7 Å². The second-order valence-corrected chi connectivity index (χ2v) is 6.90. The monoisotopic (exact) mass is 423 g/mol. The maximum absolute atomic E-state index is 14.2. The van der Waals surface area contributed by atoms with Gasteiger partial charge in [-0.15, -0.1) is 0 Å². The van der Waals surface area contributed by atoms with E-state index < -0.39 is 11.6 Å². The maximum atomic E-state index is 14.2. The van der Waals surface area contributed by atoms with Crippen LogP contribution in [0, 0.1) is 5.82 Å². The van der Waals surface area contributed by atoms with Crippen molar-refractivity contribution in [3.05, 3.63) is 64.8 Å². The molecule has 4 heterocycles. The molecule has 1 aliphatic heterocycles. The highest BCUT2D eigenvalue weighted by Crippen LogP contribution is 2.23. The van der Waals surface area contributed by atoms with Crippen molar-refractivity contribution in [1.29, 1.82) is 0 Å². The molecule has 1 aliphatic rings. The molecule has 0 aliphatic carbocycles. The lowest BCUT2D eigenvalue weighted by Gasteiger charge is -2.23. The zero-order valence-corrected chi connectivity index (χ0v) is 16.2. The second kappa shape index (κ2) is 8.13. The van der Waals surface area contributed by atoms with Crippen LogP contribution in [0.4, 0.5) is 27.5 Å². The fraction of sp³-hybridized carbons (Fsp3) is 0.200. The number of ether oxygens (including phenoxy) is 1. The van der Waals surface area contributed by atoms with Gasteiger partial charge in [-0.2, -0.15) is 4.98 Å². The van der Waals surface area contributed by atoms with Gasteiger partial charge >= 0.3 is 5.76 Å². The summed E-state index contributed by atoms with van der Waals surface area (Å²) in [6.45, 7) is 2.20. The maximum Gasteiger partial charge on any atom is 0.417 e. The Bertz CT molecular complexity index is 1270. The van der Waals surface area contributed by atoms with Crippen LogP contribution in [0.25, 0.3) is 11.1 Å². The van der Waals surface area contributed by atoms with Gasteiger partial charge in [0.05, 0.1) is 35.9 Å². The highest BCUT2D eigenvalue weighted by molar-refractivity contribution is 5.78. The lowest BCUT2D eigenvalue weighted by Crippen LogP contribution is -2.33. The number of H-pyrrole nitrogens is 1. The molecule has 1 fully saturated rings. The third-order valence-electron chi connectivity index (χ3n) is 4.73. The highest BCUT2D eigenvalue weighted by Gasteiger charge is 2.17. The number of benzene rings is 1. The predicted octanol–water partition coefficient (Wildman–Crippen LogP) is 2.59. The number of rotatable bonds is 5. The SMILES string of the molecule is O=c1[nH]c2cc(Nc3nc(Nc4ccc(C5CNCCO5)nc4)ncc3F)ccc2o1. The van der Waals surface area contributed by atoms with Crippen molar-refractivity contribution in [2.45, 2.75) is 6.10 Å². The number of aromatic amines is 1. The van der Waals surface area contributed by atoms with Crippen molar-refractivity contribution in [3.8, 4) is 0 Å². The first-order chi connectivity index (χ1) is 15.1. The minimum atomic E-state index is -0.623. The van der Waals surface area contributed by atoms with E-state index in [-0.39, 0.29) is 17.9 Å². The largest absolute Gasteiger partial charge is 0.417 e. The molecule has 31 heavy (non-hydrogen) atoms. The number of nitrogens with zero attached hydrogens (tertiary/aromatic N) is 3. The average Bonchev–Trinajstić information content (AvgIpc) is 3.16. The summed E-state index contributed by atoms with van der Waals surface area (Å²) in [5.41, 5.74) is 2.91. The number of oxazole rings is 1. The molecule has 1 atom stereocenters. The molecule has 5 rings (SSSR count). The summed E-state index contributed by atoms with van der Waals surface area (Å²) in [4.78, 5) is 26.4. The first kappa shape index (κ1) is 19.2. The van der Waals surface area contributed by atoms with Crippen LogP contribution >= 0.6 is 0 Å². The minimum Gasteiger partial charge on any atom is -0.408 e. The topological polar surface area (TPSA) is 130 Å². The van der Waals surface area contributed by atoms with Crippen LogP contribution in [0.2, 0.25) is 0 Å². The van der Waals surface area contributed by atoms with Gasteiger partial charge in [0.25, 0.3) is 0 Å². The van der Waals surface area contributed by atoms with E-state index in [1.165, 1.54) is 0 Å². The van der Waals surface area contributed by atoms with Gasteiger partial charge < -0.3 is 25.1 Å². The fourth-order valence-electron chi connectivity index (χ4n) is 3.24. The third-order valence-corrected chi connectivity index (χ3v) is 4.73. The Morgan fingerprint density at radius 1 is 1.10 bits per heavy atom.